The largest absolute Gasteiger partial charge is 0.336 e. The molecule has 0 bridgehead atoms. The van der Waals surface area contributed by atoms with Gasteiger partial charge in [-0.3, -0.25) is 19.3 Å². The number of aromatic nitrogens is 1. The fraction of sp³-hybridized carbons (Fsp3) is 0.269. The zero-order valence-corrected chi connectivity index (χ0v) is 18.7. The Morgan fingerprint density at radius 1 is 0.909 bits per heavy atom. The third-order valence-electron chi connectivity index (χ3n) is 5.77. The van der Waals surface area contributed by atoms with Gasteiger partial charge in [-0.15, -0.1) is 0 Å². The van der Waals surface area contributed by atoms with Gasteiger partial charge in [-0.2, -0.15) is 0 Å². The summed E-state index contributed by atoms with van der Waals surface area (Å²) in [5, 5.41) is 2.88. The number of para-hydroxylation sites is 1. The lowest BCUT2D eigenvalue weighted by Gasteiger charge is -2.34. The van der Waals surface area contributed by atoms with Crippen molar-refractivity contribution in [2.24, 2.45) is 0 Å². The second kappa shape index (κ2) is 10.3. The van der Waals surface area contributed by atoms with Gasteiger partial charge in [0.2, 0.25) is 5.91 Å². The zero-order chi connectivity index (χ0) is 23.2. The summed E-state index contributed by atoms with van der Waals surface area (Å²) in [7, 11) is 0. The van der Waals surface area contributed by atoms with E-state index in [9.17, 15) is 14.4 Å². The average Bonchev–Trinajstić information content (AvgIpc) is 2.81. The third-order valence-corrected chi connectivity index (χ3v) is 5.77. The predicted molar refractivity (Wildman–Crippen MR) is 128 cm³/mol. The molecule has 0 radical (unpaired) electrons. The molecule has 0 aliphatic carbocycles. The molecule has 3 aromatic rings. The number of anilines is 1. The normalized spacial score (nSPS) is 14.2. The van der Waals surface area contributed by atoms with Gasteiger partial charge in [0, 0.05) is 38.1 Å². The highest BCUT2D eigenvalue weighted by molar-refractivity contribution is 5.94. The van der Waals surface area contributed by atoms with Crippen LogP contribution in [0.1, 0.15) is 21.5 Å². The SMILES string of the molecule is Cc1cccc(Cn2cccc(C(=O)N3CCN(CC(=O)Nc4ccccc4)CC3)c2=O)c1. The van der Waals surface area contributed by atoms with Gasteiger partial charge in [0.05, 0.1) is 13.1 Å². The Labute approximate surface area is 193 Å². The highest BCUT2D eigenvalue weighted by Gasteiger charge is 2.25. The Morgan fingerprint density at radius 2 is 1.67 bits per heavy atom. The second-order valence-corrected chi connectivity index (χ2v) is 8.33. The van der Waals surface area contributed by atoms with Gasteiger partial charge in [0.15, 0.2) is 0 Å². The highest BCUT2D eigenvalue weighted by atomic mass is 16.2. The highest BCUT2D eigenvalue weighted by Crippen LogP contribution is 2.10. The molecule has 1 fully saturated rings. The van der Waals surface area contributed by atoms with Crippen LogP contribution in [0, 0.1) is 6.92 Å². The first kappa shape index (κ1) is 22.5. The standard InChI is InChI=1S/C26H28N4O3/c1-20-7-5-8-21(17-20)18-30-12-6-11-23(26(30)33)25(32)29-15-13-28(14-16-29)19-24(31)27-22-9-3-2-4-10-22/h2-12,17H,13-16,18-19H2,1H3,(H,27,31). The molecule has 2 aromatic carbocycles. The number of benzene rings is 2. The molecule has 33 heavy (non-hydrogen) atoms. The van der Waals surface area contributed by atoms with Crippen molar-refractivity contribution in [3.8, 4) is 0 Å². The molecule has 7 heteroatoms. The van der Waals surface area contributed by atoms with Crippen LogP contribution in [0.15, 0.2) is 77.7 Å². The number of pyridine rings is 1. The molecule has 1 aliphatic rings. The molecule has 1 aliphatic heterocycles. The van der Waals surface area contributed by atoms with E-state index < -0.39 is 0 Å². The number of piperazine rings is 1. The summed E-state index contributed by atoms with van der Waals surface area (Å²) in [5.74, 6) is -0.338. The first-order valence-electron chi connectivity index (χ1n) is 11.1. The molecule has 4 rings (SSSR count). The van der Waals surface area contributed by atoms with Crippen LogP contribution in [-0.2, 0) is 11.3 Å². The second-order valence-electron chi connectivity index (χ2n) is 8.33. The quantitative estimate of drug-likeness (QED) is 0.634. The van der Waals surface area contributed by atoms with Crippen molar-refractivity contribution in [3.05, 3.63) is 100.0 Å². The summed E-state index contributed by atoms with van der Waals surface area (Å²) < 4.78 is 1.58. The van der Waals surface area contributed by atoms with E-state index in [1.165, 1.54) is 0 Å². The average molecular weight is 445 g/mol. The Bertz CT molecular complexity index is 1180. The van der Waals surface area contributed by atoms with Gasteiger partial charge < -0.3 is 14.8 Å². The molecule has 1 N–H and O–H groups in total. The molecular weight excluding hydrogens is 416 g/mol. The Morgan fingerprint density at radius 3 is 2.39 bits per heavy atom. The van der Waals surface area contributed by atoms with E-state index in [1.54, 1.807) is 27.8 Å². The maximum atomic E-state index is 13.1. The van der Waals surface area contributed by atoms with Crippen molar-refractivity contribution in [2.45, 2.75) is 13.5 Å². The van der Waals surface area contributed by atoms with Crippen LogP contribution < -0.4 is 10.9 Å². The minimum absolute atomic E-state index is 0.0805. The monoisotopic (exact) mass is 444 g/mol. The van der Waals surface area contributed by atoms with Crippen molar-refractivity contribution < 1.29 is 9.59 Å². The Balaban J connectivity index is 1.35. The zero-order valence-electron chi connectivity index (χ0n) is 18.7. The lowest BCUT2D eigenvalue weighted by Crippen LogP contribution is -2.51. The molecular formula is C26H28N4O3. The van der Waals surface area contributed by atoms with Gasteiger partial charge in [0.25, 0.3) is 11.5 Å². The van der Waals surface area contributed by atoms with Crippen molar-refractivity contribution in [3.63, 3.8) is 0 Å². The Kier molecular flexibility index (Phi) is 7.00. The number of nitrogens with one attached hydrogen (secondary N) is 1. The van der Waals surface area contributed by atoms with Gasteiger partial charge in [-0.1, -0.05) is 48.0 Å². The van der Waals surface area contributed by atoms with Crippen LogP contribution in [0.25, 0.3) is 0 Å². The first-order valence-corrected chi connectivity index (χ1v) is 11.1. The molecule has 0 saturated carbocycles. The summed E-state index contributed by atoms with van der Waals surface area (Å²) in [6.45, 7) is 4.82. The van der Waals surface area contributed by atoms with Crippen LogP contribution in [0.3, 0.4) is 0 Å². The van der Waals surface area contributed by atoms with Crippen LogP contribution in [0.5, 0.6) is 0 Å². The van der Waals surface area contributed by atoms with E-state index in [-0.39, 0.29) is 29.5 Å². The molecule has 170 valence electrons. The number of rotatable bonds is 6. The predicted octanol–water partition coefficient (Wildman–Crippen LogP) is 2.60. The van der Waals surface area contributed by atoms with E-state index in [4.69, 9.17) is 0 Å². The number of nitrogens with zero attached hydrogens (tertiary/aromatic N) is 3. The summed E-state index contributed by atoms with van der Waals surface area (Å²) >= 11 is 0. The minimum Gasteiger partial charge on any atom is -0.336 e. The lowest BCUT2D eigenvalue weighted by atomic mass is 10.1. The van der Waals surface area contributed by atoms with Crippen molar-refractivity contribution >= 4 is 17.5 Å². The number of carbonyl (C=O) groups is 2. The third kappa shape index (κ3) is 5.75. The maximum Gasteiger partial charge on any atom is 0.263 e. The van der Waals surface area contributed by atoms with Gasteiger partial charge in [-0.05, 0) is 36.8 Å². The van der Waals surface area contributed by atoms with Crippen LogP contribution >= 0.6 is 0 Å². The summed E-state index contributed by atoms with van der Waals surface area (Å²) in [5.41, 5.74) is 2.81. The van der Waals surface area contributed by atoms with Crippen molar-refractivity contribution in [1.29, 1.82) is 0 Å². The topological polar surface area (TPSA) is 74.7 Å². The number of hydrogen-bond donors (Lipinski definition) is 1. The molecule has 7 nitrogen and oxygen atoms in total. The molecule has 0 spiro atoms. The van der Waals surface area contributed by atoms with E-state index in [1.807, 2.05) is 66.4 Å². The fourth-order valence-electron chi connectivity index (χ4n) is 4.04. The van der Waals surface area contributed by atoms with Crippen molar-refractivity contribution in [2.75, 3.05) is 38.0 Å². The van der Waals surface area contributed by atoms with Crippen molar-refractivity contribution in [1.82, 2.24) is 14.4 Å². The van der Waals surface area contributed by atoms with Crippen LogP contribution in [0.2, 0.25) is 0 Å². The Hall–Kier alpha value is -3.71. The van der Waals surface area contributed by atoms with E-state index in [2.05, 4.69) is 5.32 Å². The molecule has 1 aromatic heterocycles. The number of carbonyl (C=O) groups excluding carboxylic acids is 2. The minimum atomic E-state index is -0.284. The molecule has 2 heterocycles. The fourth-order valence-corrected chi connectivity index (χ4v) is 4.04. The van der Waals surface area contributed by atoms with Gasteiger partial charge in [-0.25, -0.2) is 0 Å². The first-order chi connectivity index (χ1) is 16.0. The molecule has 1 saturated heterocycles. The van der Waals surface area contributed by atoms with Crippen LogP contribution in [-0.4, -0.2) is 58.9 Å². The summed E-state index contributed by atoms with van der Waals surface area (Å²) in [4.78, 5) is 42.0. The van der Waals surface area contributed by atoms with Gasteiger partial charge >= 0.3 is 0 Å². The smallest absolute Gasteiger partial charge is 0.263 e. The molecule has 2 amide bonds. The maximum absolute atomic E-state index is 13.1. The summed E-state index contributed by atoms with van der Waals surface area (Å²) in [6, 6.07) is 20.7. The number of amides is 2. The molecule has 0 atom stereocenters. The van der Waals surface area contributed by atoms with Gasteiger partial charge in [0.1, 0.15) is 5.56 Å². The molecule has 0 unspecified atom stereocenters. The lowest BCUT2D eigenvalue weighted by molar-refractivity contribution is -0.117. The summed E-state index contributed by atoms with van der Waals surface area (Å²) in [6.07, 6.45) is 1.71. The van der Waals surface area contributed by atoms with E-state index >= 15 is 0 Å². The van der Waals surface area contributed by atoms with Crippen LogP contribution in [0.4, 0.5) is 5.69 Å². The number of hydrogen-bond acceptors (Lipinski definition) is 4. The van der Waals surface area contributed by atoms with E-state index in [0.29, 0.717) is 32.7 Å². The number of aryl methyl sites for hydroxylation is 1. The van der Waals surface area contributed by atoms with E-state index in [0.717, 1.165) is 16.8 Å².